The molecule has 0 amide bonds. The molecule has 0 aromatic carbocycles. The average molecular weight is 221 g/mol. The van der Waals surface area contributed by atoms with Crippen LogP contribution >= 0.6 is 0 Å². The fourth-order valence-electron chi connectivity index (χ4n) is 1.07. The molecule has 0 atom stereocenters. The zero-order chi connectivity index (χ0) is 12.6. The van der Waals surface area contributed by atoms with E-state index in [0.717, 1.165) is 30.2 Å². The number of likely N-dealkylation sites (N-methyl/N-ethyl adjacent to an activating group) is 2. The summed E-state index contributed by atoms with van der Waals surface area (Å²) >= 11 is 0. The van der Waals surface area contributed by atoms with Gasteiger partial charge in [0, 0.05) is 14.1 Å². The van der Waals surface area contributed by atoms with E-state index in [1.54, 1.807) is 12.2 Å². The van der Waals surface area contributed by atoms with Crippen molar-refractivity contribution >= 4 is 5.84 Å². The number of hydrogen-bond donors (Lipinski definition) is 1. The highest BCUT2D eigenvalue weighted by Crippen LogP contribution is 2.08. The molecular formula is C13H23N3. The van der Waals surface area contributed by atoms with Crippen molar-refractivity contribution in [3.8, 4) is 0 Å². The normalized spacial score (nSPS) is 13.1. The fourth-order valence-corrected chi connectivity index (χ4v) is 1.07. The summed E-state index contributed by atoms with van der Waals surface area (Å²) in [6.45, 7) is 13.3. The molecule has 0 unspecified atom stereocenters. The van der Waals surface area contributed by atoms with Crippen molar-refractivity contribution in [2.45, 2.75) is 13.8 Å². The number of aliphatic imine (C=N–C) groups is 1. The molecule has 0 radical (unpaired) electrons. The third-order valence-corrected chi connectivity index (χ3v) is 2.20. The molecule has 3 heteroatoms. The lowest BCUT2D eigenvalue weighted by atomic mass is 10.2. The number of nitrogens with one attached hydrogen (secondary N) is 1. The van der Waals surface area contributed by atoms with Crippen LogP contribution in [0, 0.1) is 0 Å². The summed E-state index contributed by atoms with van der Waals surface area (Å²) in [4.78, 5) is 6.58. The van der Waals surface area contributed by atoms with Gasteiger partial charge < -0.3 is 10.2 Å². The summed E-state index contributed by atoms with van der Waals surface area (Å²) in [6, 6.07) is 0. The molecule has 3 nitrogen and oxygen atoms in total. The van der Waals surface area contributed by atoms with Crippen molar-refractivity contribution in [3.05, 3.63) is 36.6 Å². The van der Waals surface area contributed by atoms with Gasteiger partial charge in [0.05, 0.1) is 12.2 Å². The maximum atomic E-state index is 4.57. The van der Waals surface area contributed by atoms with Crippen LogP contribution in [0.2, 0.25) is 0 Å². The summed E-state index contributed by atoms with van der Waals surface area (Å²) in [7, 11) is 3.97. The van der Waals surface area contributed by atoms with Crippen LogP contribution in [0.4, 0.5) is 0 Å². The molecule has 0 saturated heterocycles. The van der Waals surface area contributed by atoms with Crippen molar-refractivity contribution in [2.75, 3.05) is 27.2 Å². The third kappa shape index (κ3) is 4.94. The second kappa shape index (κ2) is 7.88. The van der Waals surface area contributed by atoms with Gasteiger partial charge in [0.25, 0.3) is 0 Å². The number of nitrogens with zero attached hydrogens (tertiary/aromatic N) is 2. The van der Waals surface area contributed by atoms with Crippen molar-refractivity contribution in [1.29, 1.82) is 0 Å². The zero-order valence-electron chi connectivity index (χ0n) is 10.9. The molecule has 0 aliphatic rings. The van der Waals surface area contributed by atoms with Crippen LogP contribution in [-0.4, -0.2) is 37.9 Å². The Kier molecular flexibility index (Phi) is 7.21. The van der Waals surface area contributed by atoms with E-state index in [2.05, 4.69) is 30.4 Å². The Hall–Kier alpha value is -1.35. The molecule has 1 N–H and O–H groups in total. The van der Waals surface area contributed by atoms with Crippen molar-refractivity contribution in [2.24, 2.45) is 4.99 Å². The second-order valence-electron chi connectivity index (χ2n) is 3.68. The quantitative estimate of drug-likeness (QED) is 0.423. The summed E-state index contributed by atoms with van der Waals surface area (Å²) in [5, 5.41) is 3.26. The monoisotopic (exact) mass is 221 g/mol. The molecule has 0 fully saturated rings. The number of rotatable bonds is 6. The molecule has 0 spiro atoms. The molecule has 90 valence electrons. The Morgan fingerprint density at radius 1 is 1.31 bits per heavy atom. The average Bonchev–Trinajstić information content (AvgIpc) is 2.28. The molecule has 0 aliphatic heterocycles. The maximum Gasteiger partial charge on any atom is 0.118 e. The highest BCUT2D eigenvalue weighted by Gasteiger charge is 2.02. The van der Waals surface area contributed by atoms with E-state index in [1.807, 2.05) is 25.9 Å². The highest BCUT2D eigenvalue weighted by atomic mass is 15.2. The predicted octanol–water partition coefficient (Wildman–Crippen LogP) is 2.20. The number of amidine groups is 1. The fraction of sp³-hybridized carbons (Fsp3) is 0.462. The zero-order valence-corrected chi connectivity index (χ0v) is 10.9. The highest BCUT2D eigenvalue weighted by molar-refractivity contribution is 5.85. The van der Waals surface area contributed by atoms with Crippen molar-refractivity contribution < 1.29 is 0 Å². The molecule has 0 bridgehead atoms. The van der Waals surface area contributed by atoms with Gasteiger partial charge in [-0.15, -0.1) is 0 Å². The van der Waals surface area contributed by atoms with Gasteiger partial charge in [-0.25, -0.2) is 4.99 Å². The molecule has 0 aromatic heterocycles. The lowest BCUT2D eigenvalue weighted by Crippen LogP contribution is -2.33. The minimum atomic E-state index is 0.755. The summed E-state index contributed by atoms with van der Waals surface area (Å²) in [6.07, 6.45) is 3.55. The van der Waals surface area contributed by atoms with Crippen molar-refractivity contribution in [3.63, 3.8) is 0 Å². The van der Waals surface area contributed by atoms with E-state index in [9.17, 15) is 0 Å². The van der Waals surface area contributed by atoms with E-state index in [0.29, 0.717) is 0 Å². The van der Waals surface area contributed by atoms with Gasteiger partial charge in [-0.1, -0.05) is 26.2 Å². The van der Waals surface area contributed by atoms with E-state index in [-0.39, 0.29) is 0 Å². The van der Waals surface area contributed by atoms with Gasteiger partial charge in [0.1, 0.15) is 5.84 Å². The van der Waals surface area contributed by atoms with Gasteiger partial charge in [-0.05, 0) is 25.1 Å². The van der Waals surface area contributed by atoms with Gasteiger partial charge in [-0.2, -0.15) is 0 Å². The molecular weight excluding hydrogens is 198 g/mol. The Morgan fingerprint density at radius 2 is 1.94 bits per heavy atom. The summed E-state index contributed by atoms with van der Waals surface area (Å²) in [5.74, 6) is 0.984. The maximum absolute atomic E-state index is 4.57. The van der Waals surface area contributed by atoms with Crippen molar-refractivity contribution in [1.82, 2.24) is 10.2 Å². The first-order valence-corrected chi connectivity index (χ1v) is 5.48. The molecule has 0 aromatic rings. The van der Waals surface area contributed by atoms with Crippen LogP contribution in [0.3, 0.4) is 0 Å². The minimum absolute atomic E-state index is 0.755. The van der Waals surface area contributed by atoms with Gasteiger partial charge in [0.15, 0.2) is 0 Å². The van der Waals surface area contributed by atoms with Crippen LogP contribution in [0.1, 0.15) is 13.8 Å². The molecule has 0 aliphatic carbocycles. The van der Waals surface area contributed by atoms with E-state index < -0.39 is 0 Å². The summed E-state index contributed by atoms with van der Waals surface area (Å²) < 4.78 is 0. The van der Waals surface area contributed by atoms with Gasteiger partial charge in [0.2, 0.25) is 0 Å². The lowest BCUT2D eigenvalue weighted by Gasteiger charge is -2.16. The van der Waals surface area contributed by atoms with Crippen LogP contribution in [0.5, 0.6) is 0 Å². The summed E-state index contributed by atoms with van der Waals surface area (Å²) in [5.41, 5.74) is 1.91. The van der Waals surface area contributed by atoms with Crippen LogP contribution in [0.25, 0.3) is 0 Å². The molecule has 0 heterocycles. The van der Waals surface area contributed by atoms with E-state index in [4.69, 9.17) is 0 Å². The number of hydrogen-bond acceptors (Lipinski definition) is 2. The molecule has 16 heavy (non-hydrogen) atoms. The van der Waals surface area contributed by atoms with Crippen LogP contribution in [0.15, 0.2) is 41.6 Å². The van der Waals surface area contributed by atoms with Gasteiger partial charge >= 0.3 is 0 Å². The second-order valence-corrected chi connectivity index (χ2v) is 3.68. The van der Waals surface area contributed by atoms with Gasteiger partial charge in [-0.3, -0.25) is 0 Å². The smallest absolute Gasteiger partial charge is 0.118 e. The first-order chi connectivity index (χ1) is 7.56. The predicted molar refractivity (Wildman–Crippen MR) is 72.8 cm³/mol. The third-order valence-electron chi connectivity index (χ3n) is 2.20. The molecule has 0 saturated carbocycles. The Morgan fingerprint density at radius 3 is 2.31 bits per heavy atom. The minimum Gasteiger partial charge on any atom is -0.365 e. The van der Waals surface area contributed by atoms with Crippen LogP contribution in [-0.2, 0) is 0 Å². The standard InChI is InChI=1S/C13H23N3/c1-7-11(4)12(8-2)15-13(16(5)6)10-14-9-3/h7-8,14H,1-2,9-10H2,3-6H3/b12-11+,15-13?. The Bertz CT molecular complexity index is 298. The SMILES string of the molecule is C=C/C(C)=C(\C=C)N=C(CNCC)N(C)C. The largest absolute Gasteiger partial charge is 0.365 e. The topological polar surface area (TPSA) is 27.6 Å². The Labute approximate surface area is 99.3 Å². The van der Waals surface area contributed by atoms with E-state index in [1.165, 1.54) is 0 Å². The number of allylic oxidation sites excluding steroid dienone is 3. The Balaban J connectivity index is 5.01. The molecule has 0 rings (SSSR count). The van der Waals surface area contributed by atoms with E-state index >= 15 is 0 Å². The lowest BCUT2D eigenvalue weighted by molar-refractivity contribution is 0.596. The first kappa shape index (κ1) is 14.6. The van der Waals surface area contributed by atoms with Crippen LogP contribution < -0.4 is 5.32 Å². The first-order valence-electron chi connectivity index (χ1n) is 5.48.